The van der Waals surface area contributed by atoms with E-state index in [1.165, 1.54) is 0 Å². The van der Waals surface area contributed by atoms with Gasteiger partial charge in [-0.05, 0) is 42.5 Å². The fourth-order valence-corrected chi connectivity index (χ4v) is 2.18. The molecule has 0 radical (unpaired) electrons. The van der Waals surface area contributed by atoms with Crippen LogP contribution in [0.1, 0.15) is 28.8 Å². The molecule has 0 saturated heterocycles. The maximum Gasteiger partial charge on any atom is 0.253 e. The third-order valence-electron chi connectivity index (χ3n) is 3.41. The lowest BCUT2D eigenvalue weighted by Gasteiger charge is -2.11. The molecule has 1 fully saturated rings. The molecule has 1 aromatic heterocycles. The van der Waals surface area contributed by atoms with Gasteiger partial charge in [-0.2, -0.15) is 0 Å². The molecule has 1 aromatic carbocycles. The molecule has 3 nitrogen and oxygen atoms in total. The smallest absolute Gasteiger partial charge is 0.253 e. The highest BCUT2D eigenvalue weighted by atomic mass is 16.1. The maximum atomic E-state index is 12.2. The van der Waals surface area contributed by atoms with Gasteiger partial charge in [-0.1, -0.05) is 24.3 Å². The van der Waals surface area contributed by atoms with Crippen molar-refractivity contribution in [3.63, 3.8) is 0 Å². The van der Waals surface area contributed by atoms with E-state index in [0.29, 0.717) is 11.6 Å². The summed E-state index contributed by atoms with van der Waals surface area (Å²) in [4.78, 5) is 16.3. The van der Waals surface area contributed by atoms with Crippen LogP contribution in [0.15, 0.2) is 42.7 Å². The van der Waals surface area contributed by atoms with Crippen LogP contribution in [0, 0.1) is 6.92 Å². The van der Waals surface area contributed by atoms with Gasteiger partial charge >= 0.3 is 0 Å². The third-order valence-corrected chi connectivity index (χ3v) is 3.41. The van der Waals surface area contributed by atoms with Crippen molar-refractivity contribution in [3.05, 3.63) is 53.9 Å². The normalized spacial score (nSPS) is 14.2. The number of aryl methyl sites for hydroxylation is 1. The molecule has 1 amide bonds. The number of aromatic nitrogens is 1. The second-order valence-electron chi connectivity index (χ2n) is 4.98. The number of hydrogen-bond acceptors (Lipinski definition) is 2. The van der Waals surface area contributed by atoms with Crippen LogP contribution in [0.2, 0.25) is 0 Å². The highest BCUT2D eigenvalue weighted by Gasteiger charge is 2.25. The molecule has 3 rings (SSSR count). The summed E-state index contributed by atoms with van der Waals surface area (Å²) in [6.45, 7) is 2.05. The Kier molecular flexibility index (Phi) is 3.03. The van der Waals surface area contributed by atoms with E-state index < -0.39 is 0 Å². The van der Waals surface area contributed by atoms with E-state index in [1.807, 2.05) is 24.3 Å². The first-order chi connectivity index (χ1) is 9.25. The van der Waals surface area contributed by atoms with Gasteiger partial charge < -0.3 is 5.32 Å². The van der Waals surface area contributed by atoms with Crippen molar-refractivity contribution in [2.24, 2.45) is 0 Å². The van der Waals surface area contributed by atoms with Crippen LogP contribution in [-0.4, -0.2) is 16.9 Å². The quantitative estimate of drug-likeness (QED) is 0.912. The van der Waals surface area contributed by atoms with E-state index >= 15 is 0 Å². The van der Waals surface area contributed by atoms with Gasteiger partial charge in [0.15, 0.2) is 0 Å². The summed E-state index contributed by atoms with van der Waals surface area (Å²) in [5.74, 6) is -0.0196. The summed E-state index contributed by atoms with van der Waals surface area (Å²) in [5, 5.41) is 3.02. The van der Waals surface area contributed by atoms with Crippen LogP contribution >= 0.6 is 0 Å². The van der Waals surface area contributed by atoms with E-state index in [-0.39, 0.29) is 5.91 Å². The minimum atomic E-state index is -0.0196. The number of hydrogen-bond donors (Lipinski definition) is 1. The van der Waals surface area contributed by atoms with Gasteiger partial charge in [-0.3, -0.25) is 9.78 Å². The molecule has 0 atom stereocenters. The Hall–Kier alpha value is -2.16. The largest absolute Gasteiger partial charge is 0.349 e. The number of benzene rings is 1. The molecule has 19 heavy (non-hydrogen) atoms. The first-order valence-corrected chi connectivity index (χ1v) is 6.56. The molecule has 0 unspecified atom stereocenters. The molecule has 1 aliphatic carbocycles. The Morgan fingerprint density at radius 2 is 2.00 bits per heavy atom. The summed E-state index contributed by atoms with van der Waals surface area (Å²) >= 11 is 0. The predicted molar refractivity (Wildman–Crippen MR) is 74.9 cm³/mol. The van der Waals surface area contributed by atoms with E-state index in [9.17, 15) is 4.79 Å². The number of rotatable bonds is 3. The van der Waals surface area contributed by atoms with Crippen molar-refractivity contribution in [3.8, 4) is 11.1 Å². The monoisotopic (exact) mass is 252 g/mol. The van der Waals surface area contributed by atoms with Crippen LogP contribution in [0.4, 0.5) is 0 Å². The summed E-state index contributed by atoms with van der Waals surface area (Å²) in [6.07, 6.45) is 5.56. The van der Waals surface area contributed by atoms with Crippen molar-refractivity contribution in [2.45, 2.75) is 25.8 Å². The molecule has 3 heteroatoms. The summed E-state index contributed by atoms with van der Waals surface area (Å²) < 4.78 is 0. The van der Waals surface area contributed by atoms with Gasteiger partial charge in [0.25, 0.3) is 5.91 Å². The highest BCUT2D eigenvalue weighted by molar-refractivity contribution is 6.01. The standard InChI is InChI=1S/C16H16N2O/c1-11-4-2-3-5-13(11)14-8-9-17-10-15(14)16(19)18-12-6-7-12/h2-5,8-10,12H,6-7H2,1H3,(H,18,19). The Balaban J connectivity index is 2.01. The average molecular weight is 252 g/mol. The van der Waals surface area contributed by atoms with E-state index in [0.717, 1.165) is 29.5 Å². The number of carbonyl (C=O) groups excluding carboxylic acids is 1. The average Bonchev–Trinajstić information content (AvgIpc) is 3.23. The number of nitrogens with one attached hydrogen (secondary N) is 1. The zero-order chi connectivity index (χ0) is 13.2. The van der Waals surface area contributed by atoms with Crippen LogP contribution in [0.25, 0.3) is 11.1 Å². The van der Waals surface area contributed by atoms with E-state index in [1.54, 1.807) is 12.4 Å². The van der Waals surface area contributed by atoms with Crippen LogP contribution < -0.4 is 5.32 Å². The van der Waals surface area contributed by atoms with Gasteiger partial charge in [0.2, 0.25) is 0 Å². The first kappa shape index (κ1) is 11.9. The first-order valence-electron chi connectivity index (χ1n) is 6.56. The van der Waals surface area contributed by atoms with Gasteiger partial charge in [0.05, 0.1) is 5.56 Å². The number of pyridine rings is 1. The molecule has 1 saturated carbocycles. The highest BCUT2D eigenvalue weighted by Crippen LogP contribution is 2.27. The van der Waals surface area contributed by atoms with Crippen LogP contribution in [0.3, 0.4) is 0 Å². The van der Waals surface area contributed by atoms with Gasteiger partial charge in [-0.15, -0.1) is 0 Å². The Morgan fingerprint density at radius 1 is 1.21 bits per heavy atom. The van der Waals surface area contributed by atoms with Crippen LogP contribution in [-0.2, 0) is 0 Å². The molecular weight excluding hydrogens is 236 g/mol. The molecule has 0 aliphatic heterocycles. The second-order valence-corrected chi connectivity index (χ2v) is 4.98. The Morgan fingerprint density at radius 3 is 2.74 bits per heavy atom. The molecule has 0 spiro atoms. The fourth-order valence-electron chi connectivity index (χ4n) is 2.18. The zero-order valence-electron chi connectivity index (χ0n) is 10.9. The summed E-state index contributed by atoms with van der Waals surface area (Å²) in [7, 11) is 0. The lowest BCUT2D eigenvalue weighted by molar-refractivity contribution is 0.0951. The molecular formula is C16H16N2O. The van der Waals surface area contributed by atoms with Gasteiger partial charge in [-0.25, -0.2) is 0 Å². The van der Waals surface area contributed by atoms with Crippen molar-refractivity contribution < 1.29 is 4.79 Å². The Bertz CT molecular complexity index is 618. The van der Waals surface area contributed by atoms with Crippen molar-refractivity contribution in [1.29, 1.82) is 0 Å². The molecule has 96 valence electrons. The Labute approximate surface area is 112 Å². The number of nitrogens with zero attached hydrogens (tertiary/aromatic N) is 1. The van der Waals surface area contributed by atoms with Crippen molar-refractivity contribution in [2.75, 3.05) is 0 Å². The fraction of sp³-hybridized carbons (Fsp3) is 0.250. The number of amides is 1. The lowest BCUT2D eigenvalue weighted by Crippen LogP contribution is -2.26. The molecule has 1 aliphatic rings. The van der Waals surface area contributed by atoms with Gasteiger partial charge in [0, 0.05) is 18.4 Å². The zero-order valence-corrected chi connectivity index (χ0v) is 10.9. The minimum Gasteiger partial charge on any atom is -0.349 e. The summed E-state index contributed by atoms with van der Waals surface area (Å²) in [6, 6.07) is 10.4. The molecule has 1 N–H and O–H groups in total. The summed E-state index contributed by atoms with van der Waals surface area (Å²) in [5.41, 5.74) is 3.86. The van der Waals surface area contributed by atoms with Crippen molar-refractivity contribution in [1.82, 2.24) is 10.3 Å². The predicted octanol–water partition coefficient (Wildman–Crippen LogP) is 2.95. The van der Waals surface area contributed by atoms with Crippen LogP contribution in [0.5, 0.6) is 0 Å². The van der Waals surface area contributed by atoms with E-state index in [2.05, 4.69) is 23.3 Å². The maximum absolute atomic E-state index is 12.2. The number of carbonyl (C=O) groups is 1. The van der Waals surface area contributed by atoms with E-state index in [4.69, 9.17) is 0 Å². The lowest BCUT2D eigenvalue weighted by atomic mass is 9.97. The molecule has 0 bridgehead atoms. The van der Waals surface area contributed by atoms with Gasteiger partial charge in [0.1, 0.15) is 0 Å². The second kappa shape index (κ2) is 4.84. The van der Waals surface area contributed by atoms with Crippen molar-refractivity contribution >= 4 is 5.91 Å². The SMILES string of the molecule is Cc1ccccc1-c1ccncc1C(=O)NC1CC1. The molecule has 2 aromatic rings. The minimum absolute atomic E-state index is 0.0196. The molecule has 1 heterocycles. The topological polar surface area (TPSA) is 42.0 Å². The third kappa shape index (κ3) is 2.50.